The number of morpholine rings is 1. The second-order valence-electron chi connectivity index (χ2n) is 4.98. The molecule has 1 heterocycles. The van der Waals surface area contributed by atoms with Gasteiger partial charge in [0.1, 0.15) is 0 Å². The van der Waals surface area contributed by atoms with Gasteiger partial charge in [-0.1, -0.05) is 12.1 Å². The van der Waals surface area contributed by atoms with E-state index in [0.29, 0.717) is 0 Å². The van der Waals surface area contributed by atoms with Crippen LogP contribution in [0.3, 0.4) is 0 Å². The lowest BCUT2D eigenvalue weighted by atomic mass is 9.97. The molecule has 0 aliphatic carbocycles. The van der Waals surface area contributed by atoms with Crippen molar-refractivity contribution in [1.82, 2.24) is 10.2 Å². The summed E-state index contributed by atoms with van der Waals surface area (Å²) < 4.78 is 16.9. The van der Waals surface area contributed by atoms with Crippen LogP contribution in [0.5, 0.6) is 11.5 Å². The van der Waals surface area contributed by atoms with Crippen molar-refractivity contribution in [3.8, 4) is 11.5 Å². The van der Waals surface area contributed by atoms with Crippen LogP contribution in [0.25, 0.3) is 0 Å². The Labute approximate surface area is 120 Å². The van der Waals surface area contributed by atoms with Crippen LogP contribution in [0.2, 0.25) is 0 Å². The number of methoxy groups -OCH3 is 2. The molecule has 1 N–H and O–H groups in total. The minimum atomic E-state index is 0.0970. The third-order valence-corrected chi connectivity index (χ3v) is 3.76. The smallest absolute Gasteiger partial charge is 0.165 e. The Kier molecular flexibility index (Phi) is 5.23. The van der Waals surface area contributed by atoms with E-state index in [2.05, 4.69) is 23.3 Å². The monoisotopic (exact) mass is 280 g/mol. The predicted molar refractivity (Wildman–Crippen MR) is 78.6 cm³/mol. The van der Waals surface area contributed by atoms with Gasteiger partial charge in [-0.25, -0.2) is 0 Å². The largest absolute Gasteiger partial charge is 0.493 e. The first kappa shape index (κ1) is 15.1. The normalized spacial score (nSPS) is 23.6. The summed E-state index contributed by atoms with van der Waals surface area (Å²) in [5.41, 5.74) is 1.11. The Morgan fingerprint density at radius 1 is 1.35 bits per heavy atom. The lowest BCUT2D eigenvalue weighted by Gasteiger charge is -2.40. The molecule has 1 aliphatic heterocycles. The van der Waals surface area contributed by atoms with Crippen LogP contribution in [-0.2, 0) is 4.74 Å². The van der Waals surface area contributed by atoms with Gasteiger partial charge in [0.15, 0.2) is 11.5 Å². The topological polar surface area (TPSA) is 43.0 Å². The van der Waals surface area contributed by atoms with E-state index >= 15 is 0 Å². The molecule has 2 rings (SSSR count). The van der Waals surface area contributed by atoms with Crippen molar-refractivity contribution in [1.29, 1.82) is 0 Å². The number of nitrogens with one attached hydrogen (secondary N) is 1. The first-order valence-corrected chi connectivity index (χ1v) is 6.90. The summed E-state index contributed by atoms with van der Waals surface area (Å²) in [5.74, 6) is 1.55. The highest BCUT2D eigenvalue weighted by Gasteiger charge is 2.33. The van der Waals surface area contributed by atoms with Gasteiger partial charge in [-0.2, -0.15) is 0 Å². The number of likely N-dealkylation sites (N-methyl/N-ethyl adjacent to an activating group) is 2. The molecular weight excluding hydrogens is 256 g/mol. The predicted octanol–water partition coefficient (Wildman–Crippen LogP) is 1.29. The quantitative estimate of drug-likeness (QED) is 0.880. The van der Waals surface area contributed by atoms with Crippen LogP contribution in [-0.4, -0.2) is 59.0 Å². The van der Waals surface area contributed by atoms with Crippen LogP contribution in [0.1, 0.15) is 11.6 Å². The van der Waals surface area contributed by atoms with Crippen LogP contribution < -0.4 is 14.8 Å². The minimum Gasteiger partial charge on any atom is -0.493 e. The maximum Gasteiger partial charge on any atom is 0.165 e. The van der Waals surface area contributed by atoms with Gasteiger partial charge in [0.05, 0.1) is 33.0 Å². The highest BCUT2D eigenvalue weighted by atomic mass is 16.5. The number of para-hydroxylation sites is 1. The summed E-state index contributed by atoms with van der Waals surface area (Å²) in [5, 5.41) is 3.20. The lowest BCUT2D eigenvalue weighted by molar-refractivity contribution is -0.0612. The van der Waals surface area contributed by atoms with Gasteiger partial charge in [-0.05, 0) is 20.2 Å². The number of nitrogens with zero attached hydrogens (tertiary/aromatic N) is 1. The van der Waals surface area contributed by atoms with E-state index in [0.717, 1.165) is 36.8 Å². The van der Waals surface area contributed by atoms with Gasteiger partial charge in [0, 0.05) is 18.7 Å². The molecule has 2 atom stereocenters. The molecule has 0 amide bonds. The molecule has 5 nitrogen and oxygen atoms in total. The molecule has 5 heteroatoms. The highest BCUT2D eigenvalue weighted by Crippen LogP contribution is 2.39. The summed E-state index contributed by atoms with van der Waals surface area (Å²) >= 11 is 0. The van der Waals surface area contributed by atoms with Crippen LogP contribution in [0.15, 0.2) is 18.2 Å². The minimum absolute atomic E-state index is 0.0970. The lowest BCUT2D eigenvalue weighted by Crippen LogP contribution is -2.47. The second-order valence-corrected chi connectivity index (χ2v) is 4.98. The van der Waals surface area contributed by atoms with Crippen molar-refractivity contribution in [2.24, 2.45) is 0 Å². The van der Waals surface area contributed by atoms with E-state index in [-0.39, 0.29) is 12.1 Å². The fourth-order valence-corrected chi connectivity index (χ4v) is 2.82. The second kappa shape index (κ2) is 6.92. The number of ether oxygens (including phenoxy) is 3. The maximum atomic E-state index is 5.93. The molecule has 2 unspecified atom stereocenters. The molecule has 112 valence electrons. The molecular formula is C15H24N2O3. The fraction of sp³-hybridized carbons (Fsp3) is 0.600. The zero-order valence-electron chi connectivity index (χ0n) is 12.7. The van der Waals surface area contributed by atoms with E-state index < -0.39 is 0 Å². The molecule has 1 fully saturated rings. The Balaban J connectivity index is 2.40. The van der Waals surface area contributed by atoms with Gasteiger partial charge >= 0.3 is 0 Å². The van der Waals surface area contributed by atoms with E-state index in [4.69, 9.17) is 14.2 Å². The summed E-state index contributed by atoms with van der Waals surface area (Å²) in [6.45, 7) is 2.46. The Morgan fingerprint density at radius 2 is 2.15 bits per heavy atom. The van der Waals surface area contributed by atoms with Crippen molar-refractivity contribution < 1.29 is 14.2 Å². The molecule has 1 aromatic carbocycles. The zero-order chi connectivity index (χ0) is 14.5. The molecule has 0 saturated carbocycles. The molecule has 0 spiro atoms. The van der Waals surface area contributed by atoms with Crippen LogP contribution in [0, 0.1) is 0 Å². The van der Waals surface area contributed by atoms with Gasteiger partial charge in [-0.3, -0.25) is 4.90 Å². The third-order valence-electron chi connectivity index (χ3n) is 3.76. The maximum absolute atomic E-state index is 5.93. The number of hydrogen-bond donors (Lipinski definition) is 1. The van der Waals surface area contributed by atoms with Crippen molar-refractivity contribution in [2.45, 2.75) is 12.1 Å². The molecule has 20 heavy (non-hydrogen) atoms. The van der Waals surface area contributed by atoms with E-state index in [1.807, 2.05) is 19.2 Å². The molecule has 0 aromatic heterocycles. The zero-order valence-corrected chi connectivity index (χ0v) is 12.7. The van der Waals surface area contributed by atoms with E-state index in [1.165, 1.54) is 0 Å². The average Bonchev–Trinajstić information content (AvgIpc) is 2.47. The number of hydrogen-bond acceptors (Lipinski definition) is 5. The Hall–Kier alpha value is -1.30. The average molecular weight is 280 g/mol. The molecule has 0 radical (unpaired) electrons. The van der Waals surface area contributed by atoms with E-state index in [9.17, 15) is 0 Å². The van der Waals surface area contributed by atoms with Crippen molar-refractivity contribution in [2.75, 3.05) is 48.0 Å². The third kappa shape index (κ3) is 2.90. The van der Waals surface area contributed by atoms with Crippen LogP contribution >= 0.6 is 0 Å². The number of rotatable bonds is 5. The summed E-state index contributed by atoms with van der Waals surface area (Å²) in [4.78, 5) is 2.31. The molecule has 0 bridgehead atoms. The van der Waals surface area contributed by atoms with Crippen molar-refractivity contribution in [3.05, 3.63) is 23.8 Å². The van der Waals surface area contributed by atoms with Crippen molar-refractivity contribution >= 4 is 0 Å². The van der Waals surface area contributed by atoms with Gasteiger partial charge in [-0.15, -0.1) is 0 Å². The Morgan fingerprint density at radius 3 is 2.80 bits per heavy atom. The SMILES string of the molecule is CNCC1OCCN(C)C1c1cccc(OC)c1OC. The molecule has 1 saturated heterocycles. The number of benzene rings is 1. The van der Waals surface area contributed by atoms with Crippen LogP contribution in [0.4, 0.5) is 0 Å². The Bertz CT molecular complexity index is 437. The van der Waals surface area contributed by atoms with Gasteiger partial charge < -0.3 is 19.5 Å². The van der Waals surface area contributed by atoms with Crippen molar-refractivity contribution in [3.63, 3.8) is 0 Å². The standard InChI is InChI=1S/C15H24N2O3/c1-16-10-13-14(17(2)8-9-20-13)11-6-5-7-12(18-3)15(11)19-4/h5-7,13-14,16H,8-10H2,1-4H3. The van der Waals surface area contributed by atoms with E-state index in [1.54, 1.807) is 14.2 Å². The summed E-state index contributed by atoms with van der Waals surface area (Å²) in [6, 6.07) is 6.15. The molecule has 1 aromatic rings. The summed E-state index contributed by atoms with van der Waals surface area (Å²) in [7, 11) is 7.40. The first-order chi connectivity index (χ1) is 9.72. The fourth-order valence-electron chi connectivity index (χ4n) is 2.82. The highest BCUT2D eigenvalue weighted by molar-refractivity contribution is 5.48. The molecule has 1 aliphatic rings. The first-order valence-electron chi connectivity index (χ1n) is 6.90. The van der Waals surface area contributed by atoms with Gasteiger partial charge in [0.2, 0.25) is 0 Å². The summed E-state index contributed by atoms with van der Waals surface area (Å²) in [6.07, 6.45) is 0.0970. The van der Waals surface area contributed by atoms with Gasteiger partial charge in [0.25, 0.3) is 0 Å².